The van der Waals surface area contributed by atoms with Gasteiger partial charge in [0, 0.05) is 17.3 Å². The van der Waals surface area contributed by atoms with Crippen LogP contribution >= 0.6 is 11.8 Å². The molecule has 100 valence electrons. The van der Waals surface area contributed by atoms with Gasteiger partial charge in [0.15, 0.2) is 0 Å². The molecule has 0 aromatic heterocycles. The molecule has 0 heterocycles. The highest BCUT2D eigenvalue weighted by Gasteiger charge is 2.29. The van der Waals surface area contributed by atoms with E-state index in [4.69, 9.17) is 0 Å². The maximum atomic E-state index is 3.98. The van der Waals surface area contributed by atoms with E-state index >= 15 is 0 Å². The molecule has 1 N–H and O–H groups in total. The third-order valence-electron chi connectivity index (χ3n) is 4.87. The first-order valence-corrected chi connectivity index (χ1v) is 8.91. The highest BCUT2D eigenvalue weighted by atomic mass is 32.2. The zero-order valence-electron chi connectivity index (χ0n) is 11.6. The second-order valence-corrected chi connectivity index (χ2v) is 7.03. The summed E-state index contributed by atoms with van der Waals surface area (Å²) in [5.41, 5.74) is 0. The minimum atomic E-state index is 0.813. The van der Waals surface area contributed by atoms with Crippen LogP contribution in [0.3, 0.4) is 0 Å². The maximum Gasteiger partial charge on any atom is 0.0198 e. The van der Waals surface area contributed by atoms with E-state index in [1.807, 2.05) is 0 Å². The van der Waals surface area contributed by atoms with Gasteiger partial charge in [0.2, 0.25) is 0 Å². The van der Waals surface area contributed by atoms with Gasteiger partial charge in [0.1, 0.15) is 0 Å². The Labute approximate surface area is 112 Å². The van der Waals surface area contributed by atoms with Crippen LogP contribution in [0.15, 0.2) is 0 Å². The van der Waals surface area contributed by atoms with Crippen molar-refractivity contribution in [3.63, 3.8) is 0 Å². The van der Waals surface area contributed by atoms with E-state index in [-0.39, 0.29) is 0 Å². The van der Waals surface area contributed by atoms with Crippen molar-refractivity contribution in [3.8, 4) is 0 Å². The number of hydrogen-bond acceptors (Lipinski definition) is 2. The molecule has 0 amide bonds. The molecule has 0 saturated heterocycles. The Balaban J connectivity index is 1.78. The van der Waals surface area contributed by atoms with Gasteiger partial charge in [-0.05, 0) is 44.3 Å². The molecule has 2 aliphatic carbocycles. The van der Waals surface area contributed by atoms with E-state index in [1.165, 1.54) is 57.8 Å². The van der Waals surface area contributed by atoms with Crippen molar-refractivity contribution in [1.82, 2.24) is 5.32 Å². The van der Waals surface area contributed by atoms with Gasteiger partial charge < -0.3 is 5.32 Å². The lowest BCUT2D eigenvalue weighted by Crippen LogP contribution is -2.41. The number of thioether (sulfide) groups is 1. The zero-order valence-corrected chi connectivity index (χ0v) is 12.4. The smallest absolute Gasteiger partial charge is 0.0198 e. The molecular formula is C15H29NS. The van der Waals surface area contributed by atoms with Crippen molar-refractivity contribution in [2.75, 3.05) is 6.26 Å². The largest absolute Gasteiger partial charge is 0.310 e. The summed E-state index contributed by atoms with van der Waals surface area (Å²) in [6, 6.07) is 1.64. The van der Waals surface area contributed by atoms with Crippen molar-refractivity contribution in [1.29, 1.82) is 0 Å². The van der Waals surface area contributed by atoms with E-state index < -0.39 is 0 Å². The van der Waals surface area contributed by atoms with Crippen molar-refractivity contribution >= 4 is 11.8 Å². The van der Waals surface area contributed by atoms with Crippen LogP contribution in [0.5, 0.6) is 0 Å². The van der Waals surface area contributed by atoms with Crippen LogP contribution in [0.1, 0.15) is 64.7 Å². The van der Waals surface area contributed by atoms with E-state index in [9.17, 15) is 0 Å². The lowest BCUT2D eigenvalue weighted by Gasteiger charge is -2.25. The number of nitrogens with one attached hydrogen (secondary N) is 1. The molecule has 2 heteroatoms. The van der Waals surface area contributed by atoms with E-state index in [1.54, 1.807) is 0 Å². The van der Waals surface area contributed by atoms with Crippen LogP contribution in [-0.2, 0) is 0 Å². The first-order chi connectivity index (χ1) is 8.33. The molecule has 2 aliphatic rings. The van der Waals surface area contributed by atoms with Gasteiger partial charge >= 0.3 is 0 Å². The molecule has 4 unspecified atom stereocenters. The second kappa shape index (κ2) is 7.04. The molecule has 1 nitrogen and oxygen atoms in total. The zero-order chi connectivity index (χ0) is 12.1. The van der Waals surface area contributed by atoms with Crippen molar-refractivity contribution in [3.05, 3.63) is 0 Å². The average Bonchev–Trinajstić information content (AvgIpc) is 2.67. The minimum absolute atomic E-state index is 0.813. The minimum Gasteiger partial charge on any atom is -0.310 e. The van der Waals surface area contributed by atoms with E-state index in [0.717, 1.165) is 23.3 Å². The molecular weight excluding hydrogens is 226 g/mol. The summed E-state index contributed by atoms with van der Waals surface area (Å²) in [6.07, 6.45) is 15.2. The third kappa shape index (κ3) is 3.89. The molecule has 0 aromatic rings. The van der Waals surface area contributed by atoms with Crippen LogP contribution in [0.2, 0.25) is 0 Å². The molecule has 17 heavy (non-hydrogen) atoms. The summed E-state index contributed by atoms with van der Waals surface area (Å²) in [7, 11) is 0. The fourth-order valence-corrected chi connectivity index (χ4v) is 4.60. The Morgan fingerprint density at radius 3 is 2.59 bits per heavy atom. The quantitative estimate of drug-likeness (QED) is 0.755. The van der Waals surface area contributed by atoms with Crippen LogP contribution in [0.4, 0.5) is 0 Å². The van der Waals surface area contributed by atoms with Crippen LogP contribution in [0, 0.1) is 5.92 Å². The van der Waals surface area contributed by atoms with E-state index in [0.29, 0.717) is 0 Å². The van der Waals surface area contributed by atoms with E-state index in [2.05, 4.69) is 30.3 Å². The first kappa shape index (κ1) is 13.7. The first-order valence-electron chi connectivity index (χ1n) is 7.62. The fraction of sp³-hybridized carbons (Fsp3) is 1.00. The summed E-state index contributed by atoms with van der Waals surface area (Å²) in [6.45, 7) is 2.36. The standard InChI is InChI=1S/C15H29NS/c1-3-12-6-4-7-13(11-10-12)16-14-8-5-9-15(14)17-2/h12-16H,3-11H2,1-2H3. The van der Waals surface area contributed by atoms with Gasteiger partial charge in [0.05, 0.1) is 0 Å². The van der Waals surface area contributed by atoms with Gasteiger partial charge in [-0.15, -0.1) is 0 Å². The highest BCUT2D eigenvalue weighted by Crippen LogP contribution is 2.31. The van der Waals surface area contributed by atoms with Gasteiger partial charge in [-0.2, -0.15) is 11.8 Å². The summed E-state index contributed by atoms with van der Waals surface area (Å²) in [5, 5.41) is 4.87. The molecule has 2 rings (SSSR count). The Kier molecular flexibility index (Phi) is 5.68. The predicted octanol–water partition coefficient (Wildman–Crippen LogP) is 4.22. The Hall–Kier alpha value is 0.310. The molecule has 2 fully saturated rings. The lowest BCUT2D eigenvalue weighted by molar-refractivity contribution is 0.389. The topological polar surface area (TPSA) is 12.0 Å². The van der Waals surface area contributed by atoms with Gasteiger partial charge in [0.25, 0.3) is 0 Å². The number of hydrogen-bond donors (Lipinski definition) is 1. The predicted molar refractivity (Wildman–Crippen MR) is 78.7 cm³/mol. The fourth-order valence-electron chi connectivity index (χ4n) is 3.65. The Morgan fingerprint density at radius 1 is 1.00 bits per heavy atom. The third-order valence-corrected chi connectivity index (χ3v) is 6.04. The van der Waals surface area contributed by atoms with Gasteiger partial charge in [-0.25, -0.2) is 0 Å². The normalized spacial score (nSPS) is 39.2. The summed E-state index contributed by atoms with van der Waals surface area (Å²) in [4.78, 5) is 0. The van der Waals surface area contributed by atoms with Gasteiger partial charge in [-0.3, -0.25) is 0 Å². The molecule has 2 saturated carbocycles. The van der Waals surface area contributed by atoms with Gasteiger partial charge in [-0.1, -0.05) is 32.6 Å². The average molecular weight is 255 g/mol. The Morgan fingerprint density at radius 2 is 1.82 bits per heavy atom. The summed E-state index contributed by atoms with van der Waals surface area (Å²) >= 11 is 2.08. The SMILES string of the molecule is CCC1CCCC(NC2CCCC2SC)CC1. The van der Waals surface area contributed by atoms with Crippen molar-refractivity contribution in [2.24, 2.45) is 5.92 Å². The summed E-state index contributed by atoms with van der Waals surface area (Å²) < 4.78 is 0. The van der Waals surface area contributed by atoms with Crippen molar-refractivity contribution < 1.29 is 0 Å². The monoisotopic (exact) mass is 255 g/mol. The highest BCUT2D eigenvalue weighted by molar-refractivity contribution is 7.99. The molecule has 0 aromatic carbocycles. The van der Waals surface area contributed by atoms with Crippen molar-refractivity contribution in [2.45, 2.75) is 82.0 Å². The Bertz CT molecular complexity index is 219. The van der Waals surface area contributed by atoms with Crippen LogP contribution in [-0.4, -0.2) is 23.6 Å². The maximum absolute atomic E-state index is 3.98. The molecule has 0 aliphatic heterocycles. The second-order valence-electron chi connectivity index (χ2n) is 5.96. The number of rotatable bonds is 4. The molecule has 4 atom stereocenters. The van der Waals surface area contributed by atoms with Crippen LogP contribution in [0.25, 0.3) is 0 Å². The summed E-state index contributed by atoms with van der Waals surface area (Å²) in [5.74, 6) is 1.02. The molecule has 0 bridgehead atoms. The van der Waals surface area contributed by atoms with Crippen LogP contribution < -0.4 is 5.32 Å². The molecule has 0 spiro atoms. The lowest BCUT2D eigenvalue weighted by atomic mass is 9.97. The molecule has 0 radical (unpaired) electrons.